The normalized spacial score (nSPS) is 34.5. The van der Waals surface area contributed by atoms with E-state index in [9.17, 15) is 0 Å². The van der Waals surface area contributed by atoms with Crippen molar-refractivity contribution in [1.82, 2.24) is 4.90 Å². The van der Waals surface area contributed by atoms with E-state index in [1.165, 1.54) is 13.0 Å². The molecule has 1 heterocycles. The van der Waals surface area contributed by atoms with E-state index in [2.05, 4.69) is 32.7 Å². The van der Waals surface area contributed by atoms with Crippen LogP contribution in [0.3, 0.4) is 0 Å². The first-order valence-electron chi connectivity index (χ1n) is 4.37. The van der Waals surface area contributed by atoms with Crippen LogP contribution in [0.4, 0.5) is 0 Å². The molecule has 0 spiro atoms. The van der Waals surface area contributed by atoms with Crippen molar-refractivity contribution in [1.29, 1.82) is 0 Å². The molecule has 0 radical (unpaired) electrons. The summed E-state index contributed by atoms with van der Waals surface area (Å²) in [5, 5.41) is 0. The van der Waals surface area contributed by atoms with Crippen LogP contribution in [0.1, 0.15) is 27.2 Å². The molecule has 0 aliphatic carbocycles. The van der Waals surface area contributed by atoms with Crippen LogP contribution >= 0.6 is 0 Å². The average Bonchev–Trinajstić information content (AvgIpc) is 1.80. The summed E-state index contributed by atoms with van der Waals surface area (Å²) in [6.45, 7) is 8.26. The number of likely N-dealkylation sites (tertiary alicyclic amines) is 1. The Labute approximate surface area is 64.4 Å². The van der Waals surface area contributed by atoms with Gasteiger partial charge in [0.2, 0.25) is 0 Å². The first-order chi connectivity index (χ1) is 4.66. The van der Waals surface area contributed by atoms with E-state index in [0.29, 0.717) is 0 Å². The van der Waals surface area contributed by atoms with Crippen LogP contribution in [0, 0.1) is 11.8 Å². The van der Waals surface area contributed by atoms with Crippen molar-refractivity contribution in [2.45, 2.75) is 33.2 Å². The second kappa shape index (κ2) is 2.91. The Morgan fingerprint density at radius 1 is 1.50 bits per heavy atom. The Morgan fingerprint density at radius 3 is 2.30 bits per heavy atom. The van der Waals surface area contributed by atoms with Crippen molar-refractivity contribution >= 4 is 0 Å². The van der Waals surface area contributed by atoms with Gasteiger partial charge in [-0.15, -0.1) is 0 Å². The van der Waals surface area contributed by atoms with Gasteiger partial charge >= 0.3 is 0 Å². The third-order valence-corrected chi connectivity index (χ3v) is 2.72. The summed E-state index contributed by atoms with van der Waals surface area (Å²) in [4.78, 5) is 2.47. The van der Waals surface area contributed by atoms with Gasteiger partial charge in [0.25, 0.3) is 0 Å². The second-order valence-corrected chi connectivity index (χ2v) is 3.84. The molecule has 60 valence electrons. The summed E-state index contributed by atoms with van der Waals surface area (Å²) in [5.41, 5.74) is 0. The zero-order valence-electron chi connectivity index (χ0n) is 7.59. The third kappa shape index (κ3) is 1.20. The minimum atomic E-state index is 0.837. The molecular weight excluding hydrogens is 122 g/mol. The van der Waals surface area contributed by atoms with Gasteiger partial charge < -0.3 is 4.90 Å². The minimum Gasteiger partial charge on any atom is -0.303 e. The molecular formula is C9H19N. The standard InChI is InChI=1S/C9H19N/c1-5-8-6-10(4)9(8)7(2)3/h7-9H,5-6H2,1-4H3. The Balaban J connectivity index is 2.40. The lowest BCUT2D eigenvalue weighted by molar-refractivity contribution is 0.00725. The SMILES string of the molecule is CCC1CN(C)C1C(C)C. The zero-order valence-corrected chi connectivity index (χ0v) is 7.59. The molecule has 10 heavy (non-hydrogen) atoms. The fourth-order valence-electron chi connectivity index (χ4n) is 2.25. The van der Waals surface area contributed by atoms with E-state index in [-0.39, 0.29) is 0 Å². The summed E-state index contributed by atoms with van der Waals surface area (Å²) in [5.74, 6) is 1.81. The quantitative estimate of drug-likeness (QED) is 0.568. The average molecular weight is 141 g/mol. The van der Waals surface area contributed by atoms with E-state index in [1.54, 1.807) is 0 Å². The van der Waals surface area contributed by atoms with Crippen molar-refractivity contribution in [3.05, 3.63) is 0 Å². The van der Waals surface area contributed by atoms with Gasteiger partial charge in [0.05, 0.1) is 0 Å². The smallest absolute Gasteiger partial charge is 0.0156 e. The highest BCUT2D eigenvalue weighted by Gasteiger charge is 2.36. The lowest BCUT2D eigenvalue weighted by Gasteiger charge is -2.48. The monoisotopic (exact) mass is 141 g/mol. The number of hydrogen-bond acceptors (Lipinski definition) is 1. The van der Waals surface area contributed by atoms with E-state index in [0.717, 1.165) is 17.9 Å². The summed E-state index contributed by atoms with van der Waals surface area (Å²) < 4.78 is 0. The third-order valence-electron chi connectivity index (χ3n) is 2.72. The molecule has 0 saturated carbocycles. The highest BCUT2D eigenvalue weighted by atomic mass is 15.2. The van der Waals surface area contributed by atoms with Crippen molar-refractivity contribution in [2.75, 3.05) is 13.6 Å². The van der Waals surface area contributed by atoms with Gasteiger partial charge in [-0.3, -0.25) is 0 Å². The summed E-state index contributed by atoms with van der Waals surface area (Å²) in [7, 11) is 2.23. The Kier molecular flexibility index (Phi) is 2.35. The second-order valence-electron chi connectivity index (χ2n) is 3.84. The van der Waals surface area contributed by atoms with Crippen LogP contribution in [0.2, 0.25) is 0 Å². The van der Waals surface area contributed by atoms with E-state index in [1.807, 2.05) is 0 Å². The molecule has 1 nitrogen and oxygen atoms in total. The molecule has 2 atom stereocenters. The molecule has 2 unspecified atom stereocenters. The summed E-state index contributed by atoms with van der Waals surface area (Å²) >= 11 is 0. The minimum absolute atomic E-state index is 0.837. The zero-order chi connectivity index (χ0) is 7.72. The van der Waals surface area contributed by atoms with Gasteiger partial charge in [-0.1, -0.05) is 27.2 Å². The molecule has 0 bridgehead atoms. The van der Waals surface area contributed by atoms with Gasteiger partial charge in [-0.2, -0.15) is 0 Å². The molecule has 0 aromatic heterocycles. The predicted octanol–water partition coefficient (Wildman–Crippen LogP) is 1.98. The molecule has 0 amide bonds. The maximum Gasteiger partial charge on any atom is 0.0156 e. The molecule has 1 saturated heterocycles. The highest BCUT2D eigenvalue weighted by molar-refractivity contribution is 4.90. The highest BCUT2D eigenvalue weighted by Crippen LogP contribution is 2.30. The summed E-state index contributed by atoms with van der Waals surface area (Å²) in [6, 6.07) is 0.866. The van der Waals surface area contributed by atoms with Gasteiger partial charge in [0.15, 0.2) is 0 Å². The van der Waals surface area contributed by atoms with Gasteiger partial charge in [0.1, 0.15) is 0 Å². The van der Waals surface area contributed by atoms with E-state index >= 15 is 0 Å². The van der Waals surface area contributed by atoms with Gasteiger partial charge in [-0.05, 0) is 18.9 Å². The molecule has 1 aliphatic rings. The fraction of sp³-hybridized carbons (Fsp3) is 1.00. The fourth-order valence-corrected chi connectivity index (χ4v) is 2.25. The molecule has 0 aromatic carbocycles. The first kappa shape index (κ1) is 8.06. The first-order valence-corrected chi connectivity index (χ1v) is 4.37. The maximum absolute atomic E-state index is 2.47. The molecule has 1 heteroatoms. The largest absolute Gasteiger partial charge is 0.303 e. The van der Waals surface area contributed by atoms with Crippen molar-refractivity contribution in [2.24, 2.45) is 11.8 Å². The van der Waals surface area contributed by atoms with Crippen LogP contribution < -0.4 is 0 Å². The van der Waals surface area contributed by atoms with Crippen LogP contribution in [0.25, 0.3) is 0 Å². The Bertz CT molecular complexity index is 105. The van der Waals surface area contributed by atoms with Crippen LogP contribution in [-0.2, 0) is 0 Å². The van der Waals surface area contributed by atoms with Crippen LogP contribution in [-0.4, -0.2) is 24.5 Å². The lowest BCUT2D eigenvalue weighted by atomic mass is 9.80. The van der Waals surface area contributed by atoms with E-state index in [4.69, 9.17) is 0 Å². The molecule has 0 N–H and O–H groups in total. The Hall–Kier alpha value is -0.0400. The molecule has 0 aromatic rings. The molecule has 1 aliphatic heterocycles. The van der Waals surface area contributed by atoms with Crippen molar-refractivity contribution in [3.63, 3.8) is 0 Å². The van der Waals surface area contributed by atoms with Gasteiger partial charge in [0, 0.05) is 12.6 Å². The van der Waals surface area contributed by atoms with Crippen LogP contribution in [0.5, 0.6) is 0 Å². The number of hydrogen-bond donors (Lipinski definition) is 0. The Morgan fingerprint density at radius 2 is 2.10 bits per heavy atom. The maximum atomic E-state index is 2.47. The molecule has 1 rings (SSSR count). The number of nitrogens with zero attached hydrogens (tertiary/aromatic N) is 1. The van der Waals surface area contributed by atoms with Crippen LogP contribution in [0.15, 0.2) is 0 Å². The van der Waals surface area contributed by atoms with Crippen molar-refractivity contribution in [3.8, 4) is 0 Å². The number of rotatable bonds is 2. The predicted molar refractivity (Wildman–Crippen MR) is 45.0 cm³/mol. The van der Waals surface area contributed by atoms with E-state index < -0.39 is 0 Å². The lowest BCUT2D eigenvalue weighted by Crippen LogP contribution is -2.56. The molecule has 1 fully saturated rings. The topological polar surface area (TPSA) is 3.24 Å². The van der Waals surface area contributed by atoms with Gasteiger partial charge in [-0.25, -0.2) is 0 Å². The van der Waals surface area contributed by atoms with Crippen molar-refractivity contribution < 1.29 is 0 Å². The summed E-state index contributed by atoms with van der Waals surface area (Å²) in [6.07, 6.45) is 1.35.